The second kappa shape index (κ2) is 6.66. The second-order valence-electron chi connectivity index (χ2n) is 5.56. The first kappa shape index (κ1) is 15.3. The van der Waals surface area contributed by atoms with E-state index in [2.05, 4.69) is 20.1 Å². The Labute approximate surface area is 134 Å². The first-order chi connectivity index (χ1) is 11.2. The Hall–Kier alpha value is -2.60. The third kappa shape index (κ3) is 3.60. The SMILES string of the molecule is CCOc1ccc2[nH]c(=O)c(CN(C)Cc3ccn[nH]3)cc2c1. The van der Waals surface area contributed by atoms with Gasteiger partial charge in [0.1, 0.15) is 5.75 Å². The van der Waals surface area contributed by atoms with Crippen LogP contribution in [0.4, 0.5) is 0 Å². The summed E-state index contributed by atoms with van der Waals surface area (Å²) in [6, 6.07) is 9.55. The first-order valence-electron chi connectivity index (χ1n) is 7.61. The largest absolute Gasteiger partial charge is 0.494 e. The number of aromatic amines is 2. The molecule has 0 fully saturated rings. The van der Waals surface area contributed by atoms with E-state index < -0.39 is 0 Å². The molecule has 0 radical (unpaired) electrons. The average Bonchev–Trinajstić information content (AvgIpc) is 3.01. The highest BCUT2D eigenvalue weighted by Crippen LogP contribution is 2.19. The van der Waals surface area contributed by atoms with Gasteiger partial charge in [-0.3, -0.25) is 14.8 Å². The molecule has 23 heavy (non-hydrogen) atoms. The second-order valence-corrected chi connectivity index (χ2v) is 5.56. The van der Waals surface area contributed by atoms with Crippen LogP contribution in [0.3, 0.4) is 0 Å². The molecule has 0 saturated carbocycles. The van der Waals surface area contributed by atoms with Crippen LogP contribution in [-0.4, -0.2) is 33.7 Å². The predicted molar refractivity (Wildman–Crippen MR) is 89.5 cm³/mol. The van der Waals surface area contributed by atoms with Gasteiger partial charge >= 0.3 is 0 Å². The Morgan fingerprint density at radius 3 is 2.83 bits per heavy atom. The third-order valence-corrected chi connectivity index (χ3v) is 3.64. The molecular weight excluding hydrogens is 292 g/mol. The summed E-state index contributed by atoms with van der Waals surface area (Å²) in [5.74, 6) is 0.809. The molecule has 0 aliphatic heterocycles. The number of nitrogens with one attached hydrogen (secondary N) is 2. The summed E-state index contributed by atoms with van der Waals surface area (Å²) >= 11 is 0. The van der Waals surface area contributed by atoms with Crippen LogP contribution in [-0.2, 0) is 13.1 Å². The molecule has 0 atom stereocenters. The molecule has 0 spiro atoms. The lowest BCUT2D eigenvalue weighted by molar-refractivity contribution is 0.314. The normalized spacial score (nSPS) is 11.3. The van der Waals surface area contributed by atoms with Crippen molar-refractivity contribution < 1.29 is 4.74 Å². The van der Waals surface area contributed by atoms with E-state index in [1.54, 1.807) is 6.20 Å². The van der Waals surface area contributed by atoms with E-state index in [4.69, 9.17) is 4.74 Å². The van der Waals surface area contributed by atoms with E-state index in [-0.39, 0.29) is 5.56 Å². The van der Waals surface area contributed by atoms with Crippen LogP contribution in [0.5, 0.6) is 5.75 Å². The molecular formula is C17H20N4O2. The highest BCUT2D eigenvalue weighted by atomic mass is 16.5. The van der Waals surface area contributed by atoms with Gasteiger partial charge in [0.25, 0.3) is 5.56 Å². The lowest BCUT2D eigenvalue weighted by atomic mass is 10.1. The van der Waals surface area contributed by atoms with Gasteiger partial charge in [0, 0.05) is 41.4 Å². The van der Waals surface area contributed by atoms with Gasteiger partial charge in [-0.1, -0.05) is 0 Å². The molecule has 2 aromatic heterocycles. The highest BCUT2D eigenvalue weighted by molar-refractivity contribution is 5.80. The smallest absolute Gasteiger partial charge is 0.252 e. The molecule has 0 aliphatic rings. The lowest BCUT2D eigenvalue weighted by Crippen LogP contribution is -2.23. The van der Waals surface area contributed by atoms with E-state index in [0.717, 1.165) is 27.9 Å². The summed E-state index contributed by atoms with van der Waals surface area (Å²) in [6.07, 6.45) is 1.72. The van der Waals surface area contributed by atoms with Crippen LogP contribution in [0.1, 0.15) is 18.2 Å². The molecule has 0 bridgehead atoms. The fourth-order valence-corrected chi connectivity index (χ4v) is 2.61. The van der Waals surface area contributed by atoms with Gasteiger partial charge in [-0.2, -0.15) is 5.10 Å². The third-order valence-electron chi connectivity index (χ3n) is 3.64. The van der Waals surface area contributed by atoms with Gasteiger partial charge in [-0.05, 0) is 44.3 Å². The quantitative estimate of drug-likeness (QED) is 0.732. The maximum absolute atomic E-state index is 12.2. The molecule has 6 nitrogen and oxygen atoms in total. The van der Waals surface area contributed by atoms with E-state index in [1.165, 1.54) is 0 Å². The fraction of sp³-hybridized carbons (Fsp3) is 0.294. The number of H-pyrrole nitrogens is 2. The Balaban J connectivity index is 1.84. The number of hydrogen-bond acceptors (Lipinski definition) is 4. The number of ether oxygens (including phenoxy) is 1. The number of aromatic nitrogens is 3. The monoisotopic (exact) mass is 312 g/mol. The standard InChI is InChI=1S/C17H20N4O2/c1-3-23-15-4-5-16-12(9-15)8-13(17(22)19-16)10-21(2)11-14-6-7-18-20-14/h4-9H,3,10-11H2,1-2H3,(H,18,20)(H,19,22). The minimum atomic E-state index is -0.0573. The summed E-state index contributed by atoms with van der Waals surface area (Å²) in [4.78, 5) is 17.2. The highest BCUT2D eigenvalue weighted by Gasteiger charge is 2.08. The number of fused-ring (bicyclic) bond motifs is 1. The Kier molecular flexibility index (Phi) is 4.43. The molecule has 6 heteroatoms. The molecule has 3 aromatic rings. The van der Waals surface area contributed by atoms with Crippen LogP contribution in [0.2, 0.25) is 0 Å². The van der Waals surface area contributed by atoms with Crippen molar-refractivity contribution in [2.24, 2.45) is 0 Å². The molecule has 1 aromatic carbocycles. The van der Waals surface area contributed by atoms with Crippen LogP contribution in [0.15, 0.2) is 41.3 Å². The van der Waals surface area contributed by atoms with Gasteiger partial charge in [-0.15, -0.1) is 0 Å². The van der Waals surface area contributed by atoms with E-state index in [1.807, 2.05) is 44.3 Å². The fourth-order valence-electron chi connectivity index (χ4n) is 2.61. The predicted octanol–water partition coefficient (Wildman–Crippen LogP) is 2.28. The molecule has 2 heterocycles. The minimum absolute atomic E-state index is 0.0573. The van der Waals surface area contributed by atoms with Crippen molar-refractivity contribution in [2.45, 2.75) is 20.0 Å². The average molecular weight is 312 g/mol. The molecule has 3 rings (SSSR count). The van der Waals surface area contributed by atoms with Gasteiger partial charge in [0.2, 0.25) is 0 Å². The molecule has 0 unspecified atom stereocenters. The zero-order valence-electron chi connectivity index (χ0n) is 13.3. The van der Waals surface area contributed by atoms with Crippen molar-refractivity contribution in [3.63, 3.8) is 0 Å². The molecule has 120 valence electrons. The van der Waals surface area contributed by atoms with Crippen molar-refractivity contribution in [2.75, 3.05) is 13.7 Å². The zero-order chi connectivity index (χ0) is 16.2. The molecule has 2 N–H and O–H groups in total. The number of rotatable bonds is 6. The van der Waals surface area contributed by atoms with E-state index >= 15 is 0 Å². The van der Waals surface area contributed by atoms with E-state index in [0.29, 0.717) is 19.7 Å². The summed E-state index contributed by atoms with van der Waals surface area (Å²) in [5, 5.41) is 7.83. The van der Waals surface area contributed by atoms with Crippen molar-refractivity contribution >= 4 is 10.9 Å². The lowest BCUT2D eigenvalue weighted by Gasteiger charge is -2.15. The van der Waals surface area contributed by atoms with Crippen LogP contribution in [0, 0.1) is 0 Å². The molecule has 0 aliphatic carbocycles. The Morgan fingerprint density at radius 2 is 2.09 bits per heavy atom. The van der Waals surface area contributed by atoms with Crippen molar-refractivity contribution in [3.05, 3.63) is 58.1 Å². The van der Waals surface area contributed by atoms with Crippen molar-refractivity contribution in [1.82, 2.24) is 20.1 Å². The molecule has 0 amide bonds. The number of nitrogens with zero attached hydrogens (tertiary/aromatic N) is 2. The van der Waals surface area contributed by atoms with Gasteiger partial charge in [-0.25, -0.2) is 0 Å². The first-order valence-corrected chi connectivity index (χ1v) is 7.61. The summed E-state index contributed by atoms with van der Waals surface area (Å²) in [6.45, 7) is 3.83. The summed E-state index contributed by atoms with van der Waals surface area (Å²) in [7, 11) is 1.97. The maximum atomic E-state index is 12.2. The Morgan fingerprint density at radius 1 is 1.22 bits per heavy atom. The van der Waals surface area contributed by atoms with Crippen LogP contribution >= 0.6 is 0 Å². The van der Waals surface area contributed by atoms with Gasteiger partial charge in [0.15, 0.2) is 0 Å². The van der Waals surface area contributed by atoms with Crippen molar-refractivity contribution in [1.29, 1.82) is 0 Å². The maximum Gasteiger partial charge on any atom is 0.252 e. The molecule has 0 saturated heterocycles. The Bertz CT molecular complexity index is 839. The van der Waals surface area contributed by atoms with Crippen LogP contribution in [0.25, 0.3) is 10.9 Å². The number of benzene rings is 1. The summed E-state index contributed by atoms with van der Waals surface area (Å²) < 4.78 is 5.52. The number of hydrogen-bond donors (Lipinski definition) is 2. The zero-order valence-corrected chi connectivity index (χ0v) is 13.3. The van der Waals surface area contributed by atoms with Crippen molar-refractivity contribution in [3.8, 4) is 5.75 Å². The van der Waals surface area contributed by atoms with Gasteiger partial charge < -0.3 is 9.72 Å². The minimum Gasteiger partial charge on any atom is -0.494 e. The van der Waals surface area contributed by atoms with E-state index in [9.17, 15) is 4.79 Å². The van der Waals surface area contributed by atoms with Crippen LogP contribution < -0.4 is 10.3 Å². The topological polar surface area (TPSA) is 74.0 Å². The van der Waals surface area contributed by atoms with Gasteiger partial charge in [0.05, 0.1) is 6.61 Å². The number of pyridine rings is 1. The summed E-state index contributed by atoms with van der Waals surface area (Å²) in [5.41, 5.74) is 2.51.